The van der Waals surface area contributed by atoms with Crippen molar-refractivity contribution in [3.63, 3.8) is 0 Å². The van der Waals surface area contributed by atoms with Gasteiger partial charge in [-0.1, -0.05) is 0 Å². The molecule has 2 N–H and O–H groups in total. The van der Waals surface area contributed by atoms with Crippen LogP contribution in [-0.2, 0) is 9.47 Å². The van der Waals surface area contributed by atoms with Crippen LogP contribution >= 0.6 is 0 Å². The van der Waals surface area contributed by atoms with Crippen LogP contribution in [0.2, 0.25) is 0 Å². The fraction of sp³-hybridized carbons (Fsp3) is 0.941. The lowest BCUT2D eigenvalue weighted by Crippen LogP contribution is -2.53. The number of carbonyl (C=O) groups excluding carboxylic acids is 1. The number of carbonyl (C=O) groups is 1. The smallest absolute Gasteiger partial charge is 0.410 e. The summed E-state index contributed by atoms with van der Waals surface area (Å²) in [6, 6.07) is 0.216. The van der Waals surface area contributed by atoms with E-state index in [2.05, 4.69) is 12.2 Å². The largest absolute Gasteiger partial charge is 0.444 e. The maximum absolute atomic E-state index is 12.4. The van der Waals surface area contributed by atoms with Crippen LogP contribution in [0.4, 0.5) is 4.79 Å². The molecule has 1 heterocycles. The third-order valence-electron chi connectivity index (χ3n) is 4.55. The number of hydrogen-bond donors (Lipinski definition) is 2. The quantitative estimate of drug-likeness (QED) is 0.807. The zero-order valence-electron chi connectivity index (χ0n) is 14.9. The molecule has 1 aliphatic carbocycles. The van der Waals surface area contributed by atoms with Gasteiger partial charge in [-0.2, -0.15) is 0 Å². The molecule has 1 amide bonds. The number of ether oxygens (including phenoxy) is 2. The Hall–Kier alpha value is -0.850. The number of aliphatic hydroxyl groups is 1. The predicted molar refractivity (Wildman–Crippen MR) is 88.4 cm³/mol. The van der Waals surface area contributed by atoms with E-state index in [-0.39, 0.29) is 18.2 Å². The molecule has 6 heteroatoms. The fourth-order valence-corrected chi connectivity index (χ4v) is 3.03. The van der Waals surface area contributed by atoms with Crippen molar-refractivity contribution in [2.75, 3.05) is 26.3 Å². The van der Waals surface area contributed by atoms with E-state index >= 15 is 0 Å². The van der Waals surface area contributed by atoms with Gasteiger partial charge < -0.3 is 24.8 Å². The summed E-state index contributed by atoms with van der Waals surface area (Å²) >= 11 is 0. The molecule has 6 nitrogen and oxygen atoms in total. The van der Waals surface area contributed by atoms with Crippen LogP contribution in [0, 0.1) is 0 Å². The van der Waals surface area contributed by atoms with Crippen molar-refractivity contribution < 1.29 is 19.4 Å². The van der Waals surface area contributed by atoms with Gasteiger partial charge >= 0.3 is 6.09 Å². The van der Waals surface area contributed by atoms with E-state index in [1.54, 1.807) is 4.90 Å². The lowest BCUT2D eigenvalue weighted by molar-refractivity contribution is -0.0422. The van der Waals surface area contributed by atoms with E-state index in [0.717, 1.165) is 25.7 Å². The maximum Gasteiger partial charge on any atom is 0.410 e. The van der Waals surface area contributed by atoms with Gasteiger partial charge in [0.25, 0.3) is 0 Å². The van der Waals surface area contributed by atoms with E-state index in [0.29, 0.717) is 26.3 Å². The van der Waals surface area contributed by atoms with Crippen LogP contribution in [0.25, 0.3) is 0 Å². The fourth-order valence-electron chi connectivity index (χ4n) is 3.03. The van der Waals surface area contributed by atoms with Gasteiger partial charge in [0, 0.05) is 19.1 Å². The summed E-state index contributed by atoms with van der Waals surface area (Å²) in [6.07, 6.45) is 3.38. The van der Waals surface area contributed by atoms with E-state index in [1.165, 1.54) is 0 Å². The number of nitrogens with zero attached hydrogens (tertiary/aromatic N) is 1. The standard InChI is InChI=1S/C17H32N2O4/c1-13(18-12-17(21)6-5-7-17)10-14-11-22-9-8-19(14)15(20)23-16(2,3)4/h13-14,18,21H,5-12H2,1-4H3. The Balaban J connectivity index is 1.83. The molecule has 0 radical (unpaired) electrons. The second kappa shape index (κ2) is 7.36. The van der Waals surface area contributed by atoms with E-state index < -0.39 is 11.2 Å². The molecule has 2 atom stereocenters. The molecule has 0 aromatic rings. The number of amides is 1. The van der Waals surface area contributed by atoms with Gasteiger partial charge in [-0.3, -0.25) is 0 Å². The molecule has 1 saturated carbocycles. The highest BCUT2D eigenvalue weighted by atomic mass is 16.6. The average molecular weight is 328 g/mol. The molecular weight excluding hydrogens is 296 g/mol. The SMILES string of the molecule is CC(CC1COCCN1C(=O)OC(C)(C)C)NCC1(O)CCC1. The summed E-state index contributed by atoms with van der Waals surface area (Å²) in [5.41, 5.74) is -1.01. The highest BCUT2D eigenvalue weighted by Gasteiger charge is 2.35. The van der Waals surface area contributed by atoms with Crippen LogP contribution in [0.5, 0.6) is 0 Å². The molecule has 2 unspecified atom stereocenters. The molecule has 23 heavy (non-hydrogen) atoms. The topological polar surface area (TPSA) is 71.0 Å². The molecule has 2 rings (SSSR count). The summed E-state index contributed by atoms with van der Waals surface area (Å²) in [5.74, 6) is 0. The second-order valence-corrected chi connectivity index (χ2v) is 8.00. The van der Waals surface area contributed by atoms with Gasteiger partial charge in [-0.05, 0) is 53.4 Å². The average Bonchev–Trinajstić information content (AvgIpc) is 2.42. The molecule has 0 spiro atoms. The van der Waals surface area contributed by atoms with Gasteiger partial charge in [0.15, 0.2) is 0 Å². The Morgan fingerprint density at radius 3 is 2.74 bits per heavy atom. The third-order valence-corrected chi connectivity index (χ3v) is 4.55. The predicted octanol–water partition coefficient (Wildman–Crippen LogP) is 1.91. The maximum atomic E-state index is 12.4. The van der Waals surface area contributed by atoms with Gasteiger partial charge in [0.05, 0.1) is 24.9 Å². The lowest BCUT2D eigenvalue weighted by atomic mass is 9.80. The van der Waals surface area contributed by atoms with Gasteiger partial charge in [-0.15, -0.1) is 0 Å². The second-order valence-electron chi connectivity index (χ2n) is 8.00. The summed E-state index contributed by atoms with van der Waals surface area (Å²) < 4.78 is 11.0. The Kier molecular flexibility index (Phi) is 5.92. The molecule has 134 valence electrons. The molecule has 0 aromatic carbocycles. The monoisotopic (exact) mass is 328 g/mol. The molecule has 1 saturated heterocycles. The van der Waals surface area contributed by atoms with Crippen molar-refractivity contribution >= 4 is 6.09 Å². The summed E-state index contributed by atoms with van der Waals surface area (Å²) in [5, 5.41) is 13.6. The van der Waals surface area contributed by atoms with E-state index in [1.807, 2.05) is 20.8 Å². The minimum atomic E-state index is -0.526. The number of rotatable bonds is 5. The van der Waals surface area contributed by atoms with Gasteiger partial charge in [-0.25, -0.2) is 4.79 Å². The molecule has 1 aliphatic heterocycles. The van der Waals surface area contributed by atoms with Crippen molar-refractivity contribution in [1.82, 2.24) is 10.2 Å². The van der Waals surface area contributed by atoms with Gasteiger partial charge in [0.2, 0.25) is 0 Å². The molecule has 2 aliphatic rings. The number of morpholine rings is 1. The summed E-state index contributed by atoms with van der Waals surface area (Å²) in [6.45, 7) is 10.00. The zero-order valence-corrected chi connectivity index (χ0v) is 14.9. The van der Waals surface area contributed by atoms with Crippen molar-refractivity contribution in [2.24, 2.45) is 0 Å². The zero-order chi connectivity index (χ0) is 17.1. The molecule has 0 bridgehead atoms. The highest BCUT2D eigenvalue weighted by molar-refractivity contribution is 5.68. The van der Waals surface area contributed by atoms with Crippen LogP contribution in [-0.4, -0.2) is 65.7 Å². The Labute approximate surface area is 139 Å². The van der Waals surface area contributed by atoms with Crippen LogP contribution < -0.4 is 5.32 Å². The van der Waals surface area contributed by atoms with E-state index in [9.17, 15) is 9.90 Å². The summed E-state index contributed by atoms with van der Waals surface area (Å²) in [4.78, 5) is 14.1. The normalized spacial score (nSPS) is 25.6. The molecular formula is C17H32N2O4. The van der Waals surface area contributed by atoms with E-state index in [4.69, 9.17) is 9.47 Å². The third kappa shape index (κ3) is 5.62. The van der Waals surface area contributed by atoms with Crippen molar-refractivity contribution in [1.29, 1.82) is 0 Å². The van der Waals surface area contributed by atoms with Crippen LogP contribution in [0.15, 0.2) is 0 Å². The first kappa shape index (κ1) is 18.5. The van der Waals surface area contributed by atoms with Crippen LogP contribution in [0.3, 0.4) is 0 Å². The highest BCUT2D eigenvalue weighted by Crippen LogP contribution is 2.30. The lowest BCUT2D eigenvalue weighted by Gasteiger charge is -2.40. The Bertz CT molecular complexity index is 404. The first-order valence-electron chi connectivity index (χ1n) is 8.72. The molecule has 0 aromatic heterocycles. The first-order valence-corrected chi connectivity index (χ1v) is 8.72. The van der Waals surface area contributed by atoms with Gasteiger partial charge in [0.1, 0.15) is 5.60 Å². The molecule has 2 fully saturated rings. The van der Waals surface area contributed by atoms with Crippen molar-refractivity contribution in [3.05, 3.63) is 0 Å². The minimum Gasteiger partial charge on any atom is -0.444 e. The first-order chi connectivity index (χ1) is 10.7. The van der Waals surface area contributed by atoms with Crippen LogP contribution in [0.1, 0.15) is 53.4 Å². The van der Waals surface area contributed by atoms with Crippen molar-refractivity contribution in [3.8, 4) is 0 Å². The minimum absolute atomic E-state index is 0.0112. The summed E-state index contributed by atoms with van der Waals surface area (Å²) in [7, 11) is 0. The Morgan fingerprint density at radius 2 is 2.17 bits per heavy atom. The number of nitrogens with one attached hydrogen (secondary N) is 1. The number of hydrogen-bond acceptors (Lipinski definition) is 5. The Morgan fingerprint density at radius 1 is 1.48 bits per heavy atom. The van der Waals surface area contributed by atoms with Crippen molar-refractivity contribution in [2.45, 2.75) is 76.7 Å².